The molecular formula is C36H52N2O9. The van der Waals surface area contributed by atoms with Crippen LogP contribution in [0.25, 0.3) is 0 Å². The smallest absolute Gasteiger partial charge is 0.246 e. The largest absolute Gasteiger partial charge is 0.382 e. The molecule has 0 aromatic heterocycles. The summed E-state index contributed by atoms with van der Waals surface area (Å²) in [4.78, 5) is 37.6. The first kappa shape index (κ1) is 38.3. The molecule has 2 aromatic rings. The van der Waals surface area contributed by atoms with Gasteiger partial charge < -0.3 is 33.7 Å². The monoisotopic (exact) mass is 656 g/mol. The Morgan fingerprint density at radius 3 is 1.64 bits per heavy atom. The quantitative estimate of drug-likeness (QED) is 0.139. The van der Waals surface area contributed by atoms with E-state index in [4.69, 9.17) is 28.4 Å². The number of nitrogens with one attached hydrogen (secondary N) is 2. The summed E-state index contributed by atoms with van der Waals surface area (Å²) in [5, 5.41) is 5.28. The van der Waals surface area contributed by atoms with E-state index in [0.29, 0.717) is 72.3 Å². The van der Waals surface area contributed by atoms with E-state index in [0.717, 1.165) is 31.2 Å². The first-order valence-corrected chi connectivity index (χ1v) is 16.6. The van der Waals surface area contributed by atoms with Crippen molar-refractivity contribution < 1.29 is 42.8 Å². The van der Waals surface area contributed by atoms with Gasteiger partial charge in [-0.3, -0.25) is 19.7 Å². The van der Waals surface area contributed by atoms with Gasteiger partial charge >= 0.3 is 0 Å². The molecule has 11 nitrogen and oxygen atoms in total. The van der Waals surface area contributed by atoms with Crippen molar-refractivity contribution in [2.45, 2.75) is 44.9 Å². The third kappa shape index (κ3) is 17.0. The minimum Gasteiger partial charge on any atom is -0.382 e. The van der Waals surface area contributed by atoms with E-state index in [2.05, 4.69) is 47.0 Å². The van der Waals surface area contributed by atoms with Gasteiger partial charge in [0, 0.05) is 13.7 Å². The van der Waals surface area contributed by atoms with Gasteiger partial charge in [-0.1, -0.05) is 54.6 Å². The maximum atomic E-state index is 12.8. The Morgan fingerprint density at radius 2 is 1.11 bits per heavy atom. The average Bonchev–Trinajstić information content (AvgIpc) is 3.88. The number of carbonyl (C=O) groups excluding carboxylic acids is 3. The van der Waals surface area contributed by atoms with E-state index in [1.54, 1.807) is 7.11 Å². The normalized spacial score (nSPS) is 13.3. The number of hydrogen-bond acceptors (Lipinski definition) is 9. The minimum atomic E-state index is -0.735. The van der Waals surface area contributed by atoms with Crippen LogP contribution in [-0.4, -0.2) is 104 Å². The van der Waals surface area contributed by atoms with Crippen molar-refractivity contribution in [2.75, 3.05) is 86.3 Å². The fourth-order valence-corrected chi connectivity index (χ4v) is 4.76. The SMILES string of the molecule is COCCOCCOCCOCCOCCOCC(=O)NCC1(C(=O)NC(=O)Cc2ccc(CCCCc3ccccc3)cc2)CC1. The highest BCUT2D eigenvalue weighted by molar-refractivity contribution is 6.00. The zero-order valence-corrected chi connectivity index (χ0v) is 27.8. The summed E-state index contributed by atoms with van der Waals surface area (Å²) in [6.45, 7) is 4.58. The van der Waals surface area contributed by atoms with Gasteiger partial charge in [-0.2, -0.15) is 0 Å². The van der Waals surface area contributed by atoms with E-state index >= 15 is 0 Å². The minimum absolute atomic E-state index is 0.130. The summed E-state index contributed by atoms with van der Waals surface area (Å²) in [6.07, 6.45) is 5.67. The Hall–Kier alpha value is -3.19. The van der Waals surface area contributed by atoms with Gasteiger partial charge in [0.05, 0.1) is 77.9 Å². The summed E-state index contributed by atoms with van der Waals surface area (Å²) >= 11 is 0. The summed E-state index contributed by atoms with van der Waals surface area (Å²) in [6, 6.07) is 18.5. The lowest BCUT2D eigenvalue weighted by Crippen LogP contribution is -2.43. The molecule has 3 rings (SSSR count). The maximum Gasteiger partial charge on any atom is 0.246 e. The number of imide groups is 1. The van der Waals surface area contributed by atoms with Crippen LogP contribution in [0, 0.1) is 5.41 Å². The van der Waals surface area contributed by atoms with Crippen LogP contribution in [0.15, 0.2) is 54.6 Å². The number of carbonyl (C=O) groups is 3. The molecule has 0 atom stereocenters. The second-order valence-corrected chi connectivity index (χ2v) is 11.6. The standard InChI is InChI=1S/C36H52N2O9/c1-42-17-18-43-19-20-44-21-22-45-23-24-46-25-26-47-28-34(40)37-29-36(15-16-36)35(41)38-33(39)27-32-13-11-31(12-14-32)10-6-5-9-30-7-3-2-4-8-30/h2-4,7-8,11-14H,5-6,9-10,15-29H2,1H3,(H,37,40)(H,38,39,41). The second-order valence-electron chi connectivity index (χ2n) is 11.6. The van der Waals surface area contributed by atoms with Crippen LogP contribution in [0.4, 0.5) is 0 Å². The number of rotatable bonds is 27. The summed E-state index contributed by atoms with van der Waals surface area (Å²) in [5.41, 5.74) is 2.72. The molecule has 3 amide bonds. The average molecular weight is 657 g/mol. The van der Waals surface area contributed by atoms with Crippen LogP contribution in [0.3, 0.4) is 0 Å². The molecule has 0 bridgehead atoms. The van der Waals surface area contributed by atoms with Crippen LogP contribution in [-0.2, 0) is 62.1 Å². The van der Waals surface area contributed by atoms with Crippen molar-refractivity contribution in [1.29, 1.82) is 0 Å². The van der Waals surface area contributed by atoms with Crippen molar-refractivity contribution in [3.8, 4) is 0 Å². The van der Waals surface area contributed by atoms with Crippen LogP contribution >= 0.6 is 0 Å². The fraction of sp³-hybridized carbons (Fsp3) is 0.583. The van der Waals surface area contributed by atoms with Crippen LogP contribution < -0.4 is 10.6 Å². The van der Waals surface area contributed by atoms with E-state index < -0.39 is 5.41 Å². The topological polar surface area (TPSA) is 131 Å². The van der Waals surface area contributed by atoms with Gasteiger partial charge in [0.2, 0.25) is 17.7 Å². The van der Waals surface area contributed by atoms with Crippen LogP contribution in [0.1, 0.15) is 42.4 Å². The van der Waals surface area contributed by atoms with Gasteiger partial charge in [-0.25, -0.2) is 0 Å². The van der Waals surface area contributed by atoms with E-state index in [1.165, 1.54) is 11.1 Å². The predicted molar refractivity (Wildman–Crippen MR) is 177 cm³/mol. The molecule has 1 aliphatic carbocycles. The highest BCUT2D eigenvalue weighted by atomic mass is 16.6. The third-order valence-corrected chi connectivity index (χ3v) is 7.78. The molecule has 11 heteroatoms. The van der Waals surface area contributed by atoms with Gasteiger partial charge in [0.15, 0.2) is 0 Å². The predicted octanol–water partition coefficient (Wildman–Crippen LogP) is 3.06. The molecule has 260 valence electrons. The van der Waals surface area contributed by atoms with E-state index in [9.17, 15) is 14.4 Å². The first-order chi connectivity index (χ1) is 23.0. The molecule has 0 saturated heterocycles. The molecule has 0 radical (unpaired) electrons. The Bertz CT molecular complexity index is 1160. The van der Waals surface area contributed by atoms with Crippen molar-refractivity contribution in [3.05, 3.63) is 71.3 Å². The molecule has 0 heterocycles. The number of benzene rings is 2. The summed E-state index contributed by atoms with van der Waals surface area (Å²) < 4.78 is 31.8. The van der Waals surface area contributed by atoms with Crippen molar-refractivity contribution in [2.24, 2.45) is 5.41 Å². The number of hydrogen-bond donors (Lipinski definition) is 2. The molecule has 0 spiro atoms. The Kier molecular flexibility index (Phi) is 18.9. The summed E-state index contributed by atoms with van der Waals surface area (Å²) in [7, 11) is 1.63. The molecule has 1 aliphatic rings. The molecule has 2 aromatic carbocycles. The van der Waals surface area contributed by atoms with Gasteiger partial charge in [0.25, 0.3) is 0 Å². The third-order valence-electron chi connectivity index (χ3n) is 7.78. The highest BCUT2D eigenvalue weighted by Crippen LogP contribution is 2.45. The molecule has 1 saturated carbocycles. The molecule has 1 fully saturated rings. The lowest BCUT2D eigenvalue weighted by Gasteiger charge is -2.15. The van der Waals surface area contributed by atoms with Crippen molar-refractivity contribution in [1.82, 2.24) is 10.6 Å². The van der Waals surface area contributed by atoms with E-state index in [-0.39, 0.29) is 43.9 Å². The second kappa shape index (κ2) is 23.2. The number of aryl methyl sites for hydroxylation is 2. The van der Waals surface area contributed by atoms with Gasteiger partial charge in [-0.05, 0) is 55.2 Å². The first-order valence-electron chi connectivity index (χ1n) is 16.6. The Labute approximate surface area is 279 Å². The zero-order valence-electron chi connectivity index (χ0n) is 27.8. The van der Waals surface area contributed by atoms with Gasteiger partial charge in [0.1, 0.15) is 6.61 Å². The molecule has 47 heavy (non-hydrogen) atoms. The molecular weight excluding hydrogens is 604 g/mol. The van der Waals surface area contributed by atoms with Crippen LogP contribution in [0.5, 0.6) is 0 Å². The number of ether oxygens (including phenoxy) is 6. The lowest BCUT2D eigenvalue weighted by molar-refractivity contribution is -0.133. The van der Waals surface area contributed by atoms with Crippen molar-refractivity contribution >= 4 is 17.7 Å². The molecule has 0 unspecified atom stereocenters. The van der Waals surface area contributed by atoms with Crippen molar-refractivity contribution in [3.63, 3.8) is 0 Å². The number of unbranched alkanes of at least 4 members (excludes halogenated alkanes) is 1. The molecule has 0 aliphatic heterocycles. The highest BCUT2D eigenvalue weighted by Gasteiger charge is 2.50. The lowest BCUT2D eigenvalue weighted by atomic mass is 10.0. The maximum absolute atomic E-state index is 12.8. The number of amides is 3. The van der Waals surface area contributed by atoms with E-state index in [1.807, 2.05) is 18.2 Å². The molecule has 2 N–H and O–H groups in total. The Morgan fingerprint density at radius 1 is 0.617 bits per heavy atom. The summed E-state index contributed by atoms with van der Waals surface area (Å²) in [5.74, 6) is -0.999. The van der Waals surface area contributed by atoms with Gasteiger partial charge in [-0.15, -0.1) is 0 Å². The Balaban J connectivity index is 1.16. The van der Waals surface area contributed by atoms with Crippen LogP contribution in [0.2, 0.25) is 0 Å². The zero-order chi connectivity index (χ0) is 33.4. The fourth-order valence-electron chi connectivity index (χ4n) is 4.76. The number of methoxy groups -OCH3 is 1.